The second-order valence-electron chi connectivity index (χ2n) is 4.49. The van der Waals surface area contributed by atoms with Gasteiger partial charge in [-0.3, -0.25) is 4.79 Å². The van der Waals surface area contributed by atoms with E-state index in [1.807, 2.05) is 13.8 Å². The van der Waals surface area contributed by atoms with Gasteiger partial charge in [0.25, 0.3) is 5.91 Å². The van der Waals surface area contributed by atoms with E-state index in [1.165, 1.54) is 0 Å². The van der Waals surface area contributed by atoms with Crippen molar-refractivity contribution in [2.24, 2.45) is 0 Å². The molecule has 0 bridgehead atoms. The fourth-order valence-electron chi connectivity index (χ4n) is 1.61. The fourth-order valence-corrected chi connectivity index (χ4v) is 2.34. The van der Waals surface area contributed by atoms with Gasteiger partial charge in [-0.1, -0.05) is 30.5 Å². The molecule has 100 valence electrons. The molecule has 2 N–H and O–H groups in total. The number of amides is 1. The maximum atomic E-state index is 12.0. The Kier molecular flexibility index (Phi) is 4.11. The lowest BCUT2D eigenvalue weighted by Crippen LogP contribution is -2.23. The van der Waals surface area contributed by atoms with Gasteiger partial charge in [0.15, 0.2) is 0 Å². The molecule has 0 fully saturated rings. The van der Waals surface area contributed by atoms with Gasteiger partial charge in [-0.15, -0.1) is 5.10 Å². The van der Waals surface area contributed by atoms with Gasteiger partial charge < -0.3 is 10.4 Å². The van der Waals surface area contributed by atoms with Crippen LogP contribution in [0.2, 0.25) is 0 Å². The zero-order valence-electron chi connectivity index (χ0n) is 10.8. The van der Waals surface area contributed by atoms with Crippen LogP contribution in [-0.4, -0.2) is 20.6 Å². The highest BCUT2D eigenvalue weighted by Gasteiger charge is 2.18. The molecule has 0 unspecified atom stereocenters. The number of carbonyl (C=O) groups excluding carboxylic acids is 1. The molecule has 1 aromatic carbocycles. The number of benzene rings is 1. The summed E-state index contributed by atoms with van der Waals surface area (Å²) in [5.41, 5.74) is 1.66. The molecular weight excluding hydrogens is 262 g/mol. The minimum Gasteiger partial charge on any atom is -0.508 e. The number of aromatic hydroxyl groups is 1. The lowest BCUT2D eigenvalue weighted by molar-refractivity contribution is 0.0953. The van der Waals surface area contributed by atoms with E-state index in [0.29, 0.717) is 11.4 Å². The highest BCUT2D eigenvalue weighted by atomic mass is 32.1. The van der Waals surface area contributed by atoms with Crippen LogP contribution in [0.25, 0.3) is 0 Å². The van der Waals surface area contributed by atoms with E-state index in [9.17, 15) is 9.90 Å². The third-order valence-electron chi connectivity index (χ3n) is 2.66. The molecule has 0 aliphatic rings. The summed E-state index contributed by atoms with van der Waals surface area (Å²) in [6.45, 7) is 4.37. The molecule has 0 radical (unpaired) electrons. The number of phenols is 1. The number of nitrogens with one attached hydrogen (secondary N) is 1. The number of rotatable bonds is 4. The topological polar surface area (TPSA) is 75.1 Å². The van der Waals surface area contributed by atoms with Crippen LogP contribution in [0.1, 0.15) is 40.7 Å². The van der Waals surface area contributed by atoms with Crippen molar-refractivity contribution >= 4 is 17.4 Å². The summed E-state index contributed by atoms with van der Waals surface area (Å²) in [7, 11) is 0. The van der Waals surface area contributed by atoms with Crippen molar-refractivity contribution in [3.05, 3.63) is 40.4 Å². The molecule has 2 rings (SSSR count). The SMILES string of the molecule is CC(C)c1nnsc1C(=O)NCc1ccc(O)cc1. The van der Waals surface area contributed by atoms with Crippen LogP contribution in [0.5, 0.6) is 5.75 Å². The lowest BCUT2D eigenvalue weighted by atomic mass is 10.1. The first-order valence-corrected chi connectivity index (χ1v) is 6.73. The summed E-state index contributed by atoms with van der Waals surface area (Å²) in [4.78, 5) is 12.6. The van der Waals surface area contributed by atoms with E-state index in [0.717, 1.165) is 22.8 Å². The average Bonchev–Trinajstić information content (AvgIpc) is 2.87. The Morgan fingerprint density at radius 1 is 1.37 bits per heavy atom. The van der Waals surface area contributed by atoms with Gasteiger partial charge >= 0.3 is 0 Å². The first-order valence-electron chi connectivity index (χ1n) is 5.96. The highest BCUT2D eigenvalue weighted by Crippen LogP contribution is 2.19. The highest BCUT2D eigenvalue weighted by molar-refractivity contribution is 7.08. The van der Waals surface area contributed by atoms with Crippen LogP contribution in [0.4, 0.5) is 0 Å². The Labute approximate surface area is 115 Å². The minimum absolute atomic E-state index is 0.160. The Morgan fingerprint density at radius 2 is 2.05 bits per heavy atom. The summed E-state index contributed by atoms with van der Waals surface area (Å²) >= 11 is 1.11. The van der Waals surface area contributed by atoms with Crippen LogP contribution in [0.15, 0.2) is 24.3 Å². The number of carbonyl (C=O) groups is 1. The number of hydrogen-bond donors (Lipinski definition) is 2. The molecule has 1 amide bonds. The number of aromatic nitrogens is 2. The molecule has 1 heterocycles. The molecule has 0 atom stereocenters. The summed E-state index contributed by atoms with van der Waals surface area (Å²) in [5.74, 6) is 0.226. The molecule has 0 aliphatic heterocycles. The molecule has 1 aromatic heterocycles. The first kappa shape index (κ1) is 13.5. The van der Waals surface area contributed by atoms with Crippen molar-refractivity contribution in [1.29, 1.82) is 0 Å². The van der Waals surface area contributed by atoms with Gasteiger partial charge in [0.2, 0.25) is 0 Å². The van der Waals surface area contributed by atoms with E-state index >= 15 is 0 Å². The standard InChI is InChI=1S/C13H15N3O2S/c1-8(2)11-12(19-16-15-11)13(18)14-7-9-3-5-10(17)6-4-9/h3-6,8,17H,7H2,1-2H3,(H,14,18). The molecule has 0 aliphatic carbocycles. The van der Waals surface area contributed by atoms with Crippen molar-refractivity contribution in [3.63, 3.8) is 0 Å². The number of hydrogen-bond acceptors (Lipinski definition) is 5. The van der Waals surface area contributed by atoms with Gasteiger partial charge in [-0.05, 0) is 35.1 Å². The van der Waals surface area contributed by atoms with E-state index < -0.39 is 0 Å². The van der Waals surface area contributed by atoms with Crippen molar-refractivity contribution in [1.82, 2.24) is 14.9 Å². The summed E-state index contributed by atoms with van der Waals surface area (Å²) in [6.07, 6.45) is 0. The predicted octanol–water partition coefficient (Wildman–Crippen LogP) is 2.30. The second-order valence-corrected chi connectivity index (χ2v) is 5.25. The smallest absolute Gasteiger partial charge is 0.265 e. The first-order chi connectivity index (χ1) is 9.08. The van der Waals surface area contributed by atoms with Crippen molar-refractivity contribution in [3.8, 4) is 5.75 Å². The fraction of sp³-hybridized carbons (Fsp3) is 0.308. The third-order valence-corrected chi connectivity index (χ3v) is 3.40. The monoisotopic (exact) mass is 277 g/mol. The number of nitrogens with zero attached hydrogens (tertiary/aromatic N) is 2. The van der Waals surface area contributed by atoms with Gasteiger partial charge in [0, 0.05) is 6.54 Å². The summed E-state index contributed by atoms with van der Waals surface area (Å²) < 4.78 is 3.83. The van der Waals surface area contributed by atoms with Gasteiger partial charge in [0.1, 0.15) is 10.6 Å². The molecule has 0 saturated heterocycles. The Hall–Kier alpha value is -1.95. The van der Waals surface area contributed by atoms with E-state index in [4.69, 9.17) is 0 Å². The third kappa shape index (κ3) is 3.29. The maximum absolute atomic E-state index is 12.0. The van der Waals surface area contributed by atoms with Crippen molar-refractivity contribution < 1.29 is 9.90 Å². The minimum atomic E-state index is -0.160. The van der Waals surface area contributed by atoms with Crippen LogP contribution in [0.3, 0.4) is 0 Å². The molecule has 19 heavy (non-hydrogen) atoms. The summed E-state index contributed by atoms with van der Waals surface area (Å²) in [6, 6.07) is 6.72. The normalized spacial score (nSPS) is 10.7. The molecule has 0 saturated carbocycles. The Bertz CT molecular complexity index is 564. The Balaban J connectivity index is 2.01. The average molecular weight is 277 g/mol. The van der Waals surface area contributed by atoms with Gasteiger partial charge in [-0.25, -0.2) is 0 Å². The van der Waals surface area contributed by atoms with Gasteiger partial charge in [-0.2, -0.15) is 0 Å². The van der Waals surface area contributed by atoms with E-state index in [-0.39, 0.29) is 17.6 Å². The van der Waals surface area contributed by atoms with Crippen LogP contribution in [0, 0.1) is 0 Å². The molecule has 6 heteroatoms. The quantitative estimate of drug-likeness (QED) is 0.899. The van der Waals surface area contributed by atoms with Crippen LogP contribution in [-0.2, 0) is 6.54 Å². The molecular formula is C13H15N3O2S. The molecule has 2 aromatic rings. The van der Waals surface area contributed by atoms with Crippen LogP contribution < -0.4 is 5.32 Å². The zero-order chi connectivity index (χ0) is 13.8. The summed E-state index contributed by atoms with van der Waals surface area (Å²) in [5, 5.41) is 16.0. The lowest BCUT2D eigenvalue weighted by Gasteiger charge is -2.06. The Morgan fingerprint density at radius 3 is 2.68 bits per heavy atom. The largest absolute Gasteiger partial charge is 0.508 e. The zero-order valence-corrected chi connectivity index (χ0v) is 11.6. The number of phenolic OH excluding ortho intramolecular Hbond substituents is 1. The molecule has 0 spiro atoms. The maximum Gasteiger partial charge on any atom is 0.265 e. The second kappa shape index (κ2) is 5.79. The molecule has 5 nitrogen and oxygen atoms in total. The predicted molar refractivity (Wildman–Crippen MR) is 73.3 cm³/mol. The van der Waals surface area contributed by atoms with Crippen molar-refractivity contribution in [2.75, 3.05) is 0 Å². The van der Waals surface area contributed by atoms with E-state index in [2.05, 4.69) is 14.9 Å². The van der Waals surface area contributed by atoms with Crippen molar-refractivity contribution in [2.45, 2.75) is 26.3 Å². The van der Waals surface area contributed by atoms with Gasteiger partial charge in [0.05, 0.1) is 5.69 Å². The van der Waals surface area contributed by atoms with E-state index in [1.54, 1.807) is 24.3 Å². The van der Waals surface area contributed by atoms with Crippen LogP contribution >= 0.6 is 11.5 Å².